The van der Waals surface area contributed by atoms with E-state index in [1.165, 1.54) is 5.56 Å². The van der Waals surface area contributed by atoms with Crippen LogP contribution >= 0.6 is 0 Å². The molecule has 6 heteroatoms. The Morgan fingerprint density at radius 1 is 1.25 bits per heavy atom. The molecule has 0 spiro atoms. The van der Waals surface area contributed by atoms with Crippen molar-refractivity contribution in [1.82, 2.24) is 20.0 Å². The molecule has 0 atom stereocenters. The predicted octanol–water partition coefficient (Wildman–Crippen LogP) is 2.42. The third-order valence-corrected chi connectivity index (χ3v) is 3.52. The zero-order chi connectivity index (χ0) is 17.4. The van der Waals surface area contributed by atoms with E-state index in [4.69, 9.17) is 9.73 Å². The highest BCUT2D eigenvalue weighted by Crippen LogP contribution is 2.13. The fourth-order valence-corrected chi connectivity index (χ4v) is 2.40. The number of rotatable bonds is 7. The Balaban J connectivity index is 2.00. The van der Waals surface area contributed by atoms with Crippen LogP contribution in [0.1, 0.15) is 25.0 Å². The third-order valence-electron chi connectivity index (χ3n) is 3.52. The highest BCUT2D eigenvalue weighted by atomic mass is 16.5. The minimum Gasteiger partial charge on any atom is -0.494 e. The summed E-state index contributed by atoms with van der Waals surface area (Å²) in [6.07, 6.45) is 3.83. The highest BCUT2D eigenvalue weighted by molar-refractivity contribution is 5.79. The van der Waals surface area contributed by atoms with E-state index < -0.39 is 0 Å². The molecule has 6 nitrogen and oxygen atoms in total. The van der Waals surface area contributed by atoms with Gasteiger partial charge in [-0.2, -0.15) is 5.10 Å². The van der Waals surface area contributed by atoms with Crippen molar-refractivity contribution in [2.24, 2.45) is 12.0 Å². The van der Waals surface area contributed by atoms with Crippen molar-refractivity contribution in [2.75, 3.05) is 20.2 Å². The van der Waals surface area contributed by atoms with E-state index in [0.717, 1.165) is 30.4 Å². The molecule has 1 aromatic carbocycles. The van der Waals surface area contributed by atoms with E-state index in [-0.39, 0.29) is 0 Å². The van der Waals surface area contributed by atoms with Crippen molar-refractivity contribution >= 4 is 5.96 Å². The van der Waals surface area contributed by atoms with Gasteiger partial charge in [-0.1, -0.05) is 12.1 Å². The smallest absolute Gasteiger partial charge is 0.194 e. The van der Waals surface area contributed by atoms with Crippen LogP contribution in [-0.2, 0) is 20.1 Å². The van der Waals surface area contributed by atoms with E-state index in [1.807, 2.05) is 45.5 Å². The molecule has 0 aliphatic carbocycles. The van der Waals surface area contributed by atoms with Crippen LogP contribution in [0.5, 0.6) is 5.75 Å². The van der Waals surface area contributed by atoms with Crippen LogP contribution in [0.2, 0.25) is 0 Å². The third kappa shape index (κ3) is 5.30. The monoisotopic (exact) mass is 329 g/mol. The Hall–Kier alpha value is -2.50. The van der Waals surface area contributed by atoms with Gasteiger partial charge in [-0.25, -0.2) is 4.99 Å². The van der Waals surface area contributed by atoms with Crippen molar-refractivity contribution in [1.29, 1.82) is 0 Å². The van der Waals surface area contributed by atoms with Gasteiger partial charge in [0.15, 0.2) is 5.96 Å². The summed E-state index contributed by atoms with van der Waals surface area (Å²) in [5.74, 6) is 1.79. The molecule has 130 valence electrons. The first-order chi connectivity index (χ1) is 11.6. The first kappa shape index (κ1) is 17.8. The van der Waals surface area contributed by atoms with Gasteiger partial charge in [0, 0.05) is 38.9 Å². The molecule has 0 radical (unpaired) electrons. The van der Waals surface area contributed by atoms with E-state index >= 15 is 0 Å². The van der Waals surface area contributed by atoms with Crippen molar-refractivity contribution in [2.45, 2.75) is 26.9 Å². The lowest BCUT2D eigenvalue weighted by molar-refractivity contribution is 0.340. The second kappa shape index (κ2) is 8.96. The Kier molecular flexibility index (Phi) is 6.66. The summed E-state index contributed by atoms with van der Waals surface area (Å²) in [6, 6.07) is 8.19. The van der Waals surface area contributed by atoms with Gasteiger partial charge in [0.25, 0.3) is 0 Å². The number of benzene rings is 1. The molecule has 2 aromatic rings. The van der Waals surface area contributed by atoms with Gasteiger partial charge < -0.3 is 15.0 Å². The molecule has 1 N–H and O–H groups in total. The predicted molar refractivity (Wildman–Crippen MR) is 97.1 cm³/mol. The maximum Gasteiger partial charge on any atom is 0.194 e. The second-order valence-corrected chi connectivity index (χ2v) is 5.63. The lowest BCUT2D eigenvalue weighted by Gasteiger charge is -2.22. The summed E-state index contributed by atoms with van der Waals surface area (Å²) in [5.41, 5.74) is 2.32. The molecule has 1 aromatic heterocycles. The minimum atomic E-state index is 0.615. The zero-order valence-corrected chi connectivity index (χ0v) is 15.0. The number of aliphatic imine (C=N–C) groups is 1. The van der Waals surface area contributed by atoms with Crippen LogP contribution in [-0.4, -0.2) is 40.8 Å². The lowest BCUT2D eigenvalue weighted by Crippen LogP contribution is -2.38. The lowest BCUT2D eigenvalue weighted by atomic mass is 10.2. The summed E-state index contributed by atoms with van der Waals surface area (Å²) >= 11 is 0. The number of hydrogen-bond acceptors (Lipinski definition) is 3. The average molecular weight is 329 g/mol. The number of aromatic nitrogens is 2. The maximum atomic E-state index is 5.48. The fourth-order valence-electron chi connectivity index (χ4n) is 2.40. The number of nitrogens with one attached hydrogen (secondary N) is 1. The normalized spacial score (nSPS) is 11.4. The Labute approximate surface area is 144 Å². The number of nitrogens with zero attached hydrogens (tertiary/aromatic N) is 4. The molecule has 24 heavy (non-hydrogen) atoms. The SMILES string of the molecule is CCNC(=NCc1cnn(C)c1)N(C)Cc1ccc(OCC)cc1. The topological polar surface area (TPSA) is 54.7 Å². The van der Waals surface area contributed by atoms with Crippen LogP contribution in [0.15, 0.2) is 41.7 Å². The summed E-state index contributed by atoms with van der Waals surface area (Å²) < 4.78 is 7.28. The van der Waals surface area contributed by atoms with Crippen molar-refractivity contribution in [3.8, 4) is 5.75 Å². The van der Waals surface area contributed by atoms with E-state index in [1.54, 1.807) is 4.68 Å². The van der Waals surface area contributed by atoms with Gasteiger partial charge in [-0.15, -0.1) is 0 Å². The molecular weight excluding hydrogens is 302 g/mol. The summed E-state index contributed by atoms with van der Waals surface area (Å²) in [5, 5.41) is 7.51. The summed E-state index contributed by atoms with van der Waals surface area (Å²) in [6.45, 7) is 6.98. The van der Waals surface area contributed by atoms with Crippen LogP contribution in [0.4, 0.5) is 0 Å². The van der Waals surface area contributed by atoms with Gasteiger partial charge in [0.1, 0.15) is 5.75 Å². The molecule has 0 saturated heterocycles. The van der Waals surface area contributed by atoms with E-state index in [0.29, 0.717) is 13.2 Å². The molecule has 0 fully saturated rings. The largest absolute Gasteiger partial charge is 0.494 e. The number of ether oxygens (including phenoxy) is 1. The van der Waals surface area contributed by atoms with Crippen LogP contribution in [0.3, 0.4) is 0 Å². The van der Waals surface area contributed by atoms with Crippen molar-refractivity contribution in [3.05, 3.63) is 47.8 Å². The van der Waals surface area contributed by atoms with Crippen LogP contribution < -0.4 is 10.1 Å². The molecule has 0 bridgehead atoms. The Morgan fingerprint density at radius 2 is 2.00 bits per heavy atom. The molecule has 0 amide bonds. The Morgan fingerprint density at radius 3 is 2.58 bits per heavy atom. The summed E-state index contributed by atoms with van der Waals surface area (Å²) in [7, 11) is 3.96. The van der Waals surface area contributed by atoms with Gasteiger partial charge >= 0.3 is 0 Å². The molecule has 0 saturated carbocycles. The highest BCUT2D eigenvalue weighted by Gasteiger charge is 2.07. The quantitative estimate of drug-likeness (QED) is 0.626. The standard InChI is InChI=1S/C18H27N5O/c1-5-19-18(20-11-16-12-21-23(4)14-16)22(3)13-15-7-9-17(10-8-15)24-6-2/h7-10,12,14H,5-6,11,13H2,1-4H3,(H,19,20). The molecule has 2 rings (SSSR count). The van der Waals surface area contributed by atoms with Gasteiger partial charge in [-0.05, 0) is 31.5 Å². The van der Waals surface area contributed by atoms with Crippen molar-refractivity contribution in [3.63, 3.8) is 0 Å². The first-order valence-corrected chi connectivity index (χ1v) is 8.31. The molecule has 0 aliphatic rings. The number of aryl methyl sites for hydroxylation is 1. The first-order valence-electron chi connectivity index (χ1n) is 8.31. The molecule has 0 aliphatic heterocycles. The summed E-state index contributed by atoms with van der Waals surface area (Å²) in [4.78, 5) is 6.81. The van der Waals surface area contributed by atoms with Crippen molar-refractivity contribution < 1.29 is 4.74 Å². The Bertz CT molecular complexity index is 648. The second-order valence-electron chi connectivity index (χ2n) is 5.63. The van der Waals surface area contributed by atoms with Crippen LogP contribution in [0, 0.1) is 0 Å². The average Bonchev–Trinajstić information content (AvgIpc) is 2.99. The fraction of sp³-hybridized carbons (Fsp3) is 0.444. The molecular formula is C18H27N5O. The van der Waals surface area contributed by atoms with Gasteiger partial charge in [0.05, 0.1) is 19.3 Å². The number of guanidine groups is 1. The van der Waals surface area contributed by atoms with E-state index in [2.05, 4.69) is 34.4 Å². The molecule has 1 heterocycles. The minimum absolute atomic E-state index is 0.615. The van der Waals surface area contributed by atoms with Crippen LogP contribution in [0.25, 0.3) is 0 Å². The van der Waals surface area contributed by atoms with E-state index in [9.17, 15) is 0 Å². The zero-order valence-electron chi connectivity index (χ0n) is 15.0. The number of hydrogen-bond donors (Lipinski definition) is 1. The maximum absolute atomic E-state index is 5.48. The van der Waals surface area contributed by atoms with Gasteiger partial charge in [0.2, 0.25) is 0 Å². The molecule has 0 unspecified atom stereocenters. The van der Waals surface area contributed by atoms with Gasteiger partial charge in [-0.3, -0.25) is 4.68 Å².